The smallest absolute Gasteiger partial charge is 0.341 e. The zero-order valence-electron chi connectivity index (χ0n) is 10.5. The molecule has 0 radical (unpaired) electrons. The number of nitrogens with zero attached hydrogens (tertiary/aromatic N) is 2. The van der Waals surface area contributed by atoms with E-state index in [9.17, 15) is 9.90 Å². The average molecular weight is 250 g/mol. The summed E-state index contributed by atoms with van der Waals surface area (Å²) in [6, 6.07) is 3.44. The van der Waals surface area contributed by atoms with Gasteiger partial charge in [0.25, 0.3) is 0 Å². The normalized spacial score (nSPS) is 19.7. The third-order valence-corrected chi connectivity index (χ3v) is 3.27. The summed E-state index contributed by atoms with van der Waals surface area (Å²) in [6.45, 7) is 1.77. The van der Waals surface area contributed by atoms with Crippen molar-refractivity contribution in [2.75, 3.05) is 31.7 Å². The minimum atomic E-state index is -0.371. The van der Waals surface area contributed by atoms with Gasteiger partial charge < -0.3 is 14.7 Å². The van der Waals surface area contributed by atoms with Crippen molar-refractivity contribution in [1.29, 1.82) is 0 Å². The Labute approximate surface area is 106 Å². The Balaban J connectivity index is 2.24. The Morgan fingerprint density at radius 3 is 3.22 bits per heavy atom. The van der Waals surface area contributed by atoms with Crippen LogP contribution in [0.15, 0.2) is 18.3 Å². The van der Waals surface area contributed by atoms with Crippen molar-refractivity contribution in [3.05, 3.63) is 23.9 Å². The van der Waals surface area contributed by atoms with Crippen molar-refractivity contribution in [3.8, 4) is 0 Å². The molecule has 5 heteroatoms. The minimum absolute atomic E-state index is 0.177. The number of carbonyl (C=O) groups is 1. The Morgan fingerprint density at radius 2 is 2.50 bits per heavy atom. The van der Waals surface area contributed by atoms with Crippen LogP contribution in [-0.4, -0.2) is 42.9 Å². The third kappa shape index (κ3) is 2.61. The van der Waals surface area contributed by atoms with Crippen LogP contribution >= 0.6 is 0 Å². The van der Waals surface area contributed by atoms with E-state index in [4.69, 9.17) is 4.74 Å². The average Bonchev–Trinajstić information content (AvgIpc) is 2.46. The molecule has 1 unspecified atom stereocenters. The Kier molecular flexibility index (Phi) is 4.15. The highest BCUT2D eigenvalue weighted by atomic mass is 16.5. The molecule has 0 aliphatic carbocycles. The zero-order chi connectivity index (χ0) is 13.0. The first-order chi connectivity index (χ1) is 8.76. The van der Waals surface area contributed by atoms with E-state index in [0.29, 0.717) is 11.4 Å². The van der Waals surface area contributed by atoms with E-state index < -0.39 is 0 Å². The quantitative estimate of drug-likeness (QED) is 0.813. The molecule has 2 heterocycles. The maximum Gasteiger partial charge on any atom is 0.341 e. The number of ether oxygens (including phenoxy) is 1. The van der Waals surface area contributed by atoms with Crippen LogP contribution in [-0.2, 0) is 4.74 Å². The minimum Gasteiger partial charge on any atom is -0.465 e. The number of pyridine rings is 1. The highest BCUT2D eigenvalue weighted by Crippen LogP contribution is 2.24. The first-order valence-electron chi connectivity index (χ1n) is 6.15. The van der Waals surface area contributed by atoms with E-state index in [0.717, 1.165) is 25.9 Å². The maximum absolute atomic E-state index is 11.7. The van der Waals surface area contributed by atoms with Gasteiger partial charge in [0.15, 0.2) is 0 Å². The van der Waals surface area contributed by atoms with Crippen LogP contribution < -0.4 is 4.90 Å². The fraction of sp³-hybridized carbons (Fsp3) is 0.538. The van der Waals surface area contributed by atoms with E-state index in [1.165, 1.54) is 7.11 Å². The molecule has 0 spiro atoms. The lowest BCUT2D eigenvalue weighted by atomic mass is 9.98. The van der Waals surface area contributed by atoms with Crippen molar-refractivity contribution in [3.63, 3.8) is 0 Å². The van der Waals surface area contributed by atoms with Gasteiger partial charge in [0.1, 0.15) is 11.4 Å². The number of aromatic nitrogens is 1. The molecule has 98 valence electrons. The van der Waals surface area contributed by atoms with Crippen LogP contribution in [0.3, 0.4) is 0 Å². The molecule has 0 amide bonds. The van der Waals surface area contributed by atoms with Gasteiger partial charge in [0, 0.05) is 25.9 Å². The molecule has 1 fully saturated rings. The SMILES string of the molecule is COC(=O)c1cccnc1N1CCCC(CO)C1. The van der Waals surface area contributed by atoms with Crippen molar-refractivity contribution < 1.29 is 14.6 Å². The topological polar surface area (TPSA) is 62.7 Å². The summed E-state index contributed by atoms with van der Waals surface area (Å²) < 4.78 is 4.77. The fourth-order valence-electron chi connectivity index (χ4n) is 2.32. The van der Waals surface area contributed by atoms with Gasteiger partial charge in [0.2, 0.25) is 0 Å². The van der Waals surface area contributed by atoms with Crippen LogP contribution in [0.5, 0.6) is 0 Å². The number of aliphatic hydroxyl groups is 1. The number of esters is 1. The van der Waals surface area contributed by atoms with Crippen LogP contribution in [0.1, 0.15) is 23.2 Å². The number of carbonyl (C=O) groups excluding carboxylic acids is 1. The van der Waals surface area contributed by atoms with Gasteiger partial charge >= 0.3 is 5.97 Å². The zero-order valence-corrected chi connectivity index (χ0v) is 10.5. The van der Waals surface area contributed by atoms with Crippen LogP contribution in [0.25, 0.3) is 0 Å². The summed E-state index contributed by atoms with van der Waals surface area (Å²) in [7, 11) is 1.37. The summed E-state index contributed by atoms with van der Waals surface area (Å²) in [4.78, 5) is 18.0. The molecule has 1 saturated heterocycles. The number of hydrogen-bond donors (Lipinski definition) is 1. The standard InChI is InChI=1S/C13H18N2O3/c1-18-13(17)11-5-2-6-14-12(11)15-7-3-4-10(8-15)9-16/h2,5-6,10,16H,3-4,7-9H2,1H3. The Bertz CT molecular complexity index is 422. The monoisotopic (exact) mass is 250 g/mol. The number of rotatable bonds is 3. The van der Waals surface area contributed by atoms with Crippen molar-refractivity contribution in [1.82, 2.24) is 4.98 Å². The lowest BCUT2D eigenvalue weighted by Crippen LogP contribution is -2.38. The Morgan fingerprint density at radius 1 is 1.67 bits per heavy atom. The molecule has 1 aromatic rings. The summed E-state index contributed by atoms with van der Waals surface area (Å²) in [5, 5.41) is 9.24. The molecular weight excluding hydrogens is 232 g/mol. The summed E-state index contributed by atoms with van der Waals surface area (Å²) >= 11 is 0. The number of hydrogen-bond acceptors (Lipinski definition) is 5. The molecule has 0 saturated carbocycles. The van der Waals surface area contributed by atoms with E-state index in [2.05, 4.69) is 9.88 Å². The Hall–Kier alpha value is -1.62. The maximum atomic E-state index is 11.7. The predicted octanol–water partition coefficient (Wildman–Crippen LogP) is 1.08. The van der Waals surface area contributed by atoms with E-state index >= 15 is 0 Å². The van der Waals surface area contributed by atoms with Crippen molar-refractivity contribution >= 4 is 11.8 Å². The van der Waals surface area contributed by atoms with Gasteiger partial charge in [-0.25, -0.2) is 9.78 Å². The van der Waals surface area contributed by atoms with Crippen molar-refractivity contribution in [2.24, 2.45) is 5.92 Å². The molecule has 1 atom stereocenters. The number of anilines is 1. The van der Waals surface area contributed by atoms with Gasteiger partial charge in [-0.05, 0) is 30.9 Å². The number of piperidine rings is 1. The molecule has 18 heavy (non-hydrogen) atoms. The highest BCUT2D eigenvalue weighted by molar-refractivity contribution is 5.94. The van der Waals surface area contributed by atoms with E-state index in [1.807, 2.05) is 0 Å². The van der Waals surface area contributed by atoms with Crippen molar-refractivity contribution in [2.45, 2.75) is 12.8 Å². The largest absolute Gasteiger partial charge is 0.465 e. The van der Waals surface area contributed by atoms with Gasteiger partial charge in [-0.15, -0.1) is 0 Å². The number of aliphatic hydroxyl groups excluding tert-OH is 1. The second-order valence-corrected chi connectivity index (χ2v) is 4.50. The van der Waals surface area contributed by atoms with Crippen LogP contribution in [0.2, 0.25) is 0 Å². The molecule has 1 aliphatic rings. The number of methoxy groups -OCH3 is 1. The van der Waals surface area contributed by atoms with E-state index in [1.54, 1.807) is 18.3 Å². The lowest BCUT2D eigenvalue weighted by molar-refractivity contribution is 0.0601. The molecule has 1 aromatic heterocycles. The summed E-state index contributed by atoms with van der Waals surface area (Å²) in [5.41, 5.74) is 0.485. The third-order valence-electron chi connectivity index (χ3n) is 3.27. The second-order valence-electron chi connectivity index (χ2n) is 4.50. The van der Waals surface area contributed by atoms with E-state index in [-0.39, 0.29) is 18.5 Å². The predicted molar refractivity (Wildman–Crippen MR) is 67.6 cm³/mol. The van der Waals surface area contributed by atoms with Gasteiger partial charge in [-0.3, -0.25) is 0 Å². The molecule has 1 N–H and O–H groups in total. The molecule has 2 rings (SSSR count). The first-order valence-corrected chi connectivity index (χ1v) is 6.15. The summed E-state index contributed by atoms with van der Waals surface area (Å²) in [6.07, 6.45) is 3.69. The highest BCUT2D eigenvalue weighted by Gasteiger charge is 2.24. The van der Waals surface area contributed by atoms with Gasteiger partial charge in [-0.1, -0.05) is 0 Å². The lowest BCUT2D eigenvalue weighted by Gasteiger charge is -2.33. The van der Waals surface area contributed by atoms with Gasteiger partial charge in [0.05, 0.1) is 7.11 Å². The fourth-order valence-corrected chi connectivity index (χ4v) is 2.32. The second kappa shape index (κ2) is 5.82. The summed E-state index contributed by atoms with van der Waals surface area (Å²) in [5.74, 6) is 0.540. The van der Waals surface area contributed by atoms with Crippen LogP contribution in [0.4, 0.5) is 5.82 Å². The van der Waals surface area contributed by atoms with Gasteiger partial charge in [-0.2, -0.15) is 0 Å². The first kappa shape index (κ1) is 12.8. The van der Waals surface area contributed by atoms with Crippen LogP contribution in [0, 0.1) is 5.92 Å². The molecule has 0 aromatic carbocycles. The molecule has 1 aliphatic heterocycles. The molecular formula is C13H18N2O3. The molecule has 0 bridgehead atoms. The molecule has 5 nitrogen and oxygen atoms in total.